The Hall–Kier alpha value is -2.89. The fourth-order valence-corrected chi connectivity index (χ4v) is 3.54. The fraction of sp³-hybridized carbons (Fsp3) is 0.318. The number of fused-ring (bicyclic) bond motifs is 1. The predicted octanol–water partition coefficient (Wildman–Crippen LogP) is 5.00. The largest absolute Gasteiger partial charge is 0.369 e. The number of rotatable bonds is 7. The van der Waals surface area contributed by atoms with Crippen molar-refractivity contribution in [3.05, 3.63) is 59.8 Å². The molecule has 0 bridgehead atoms. The van der Waals surface area contributed by atoms with Gasteiger partial charge in [0.05, 0.1) is 16.9 Å². The van der Waals surface area contributed by atoms with Crippen LogP contribution in [-0.2, 0) is 4.79 Å². The van der Waals surface area contributed by atoms with Gasteiger partial charge in [0, 0.05) is 30.5 Å². The Morgan fingerprint density at radius 1 is 1.21 bits per heavy atom. The van der Waals surface area contributed by atoms with E-state index in [2.05, 4.69) is 22.5 Å². The highest BCUT2D eigenvalue weighted by Crippen LogP contribution is 2.35. The fourth-order valence-electron chi connectivity index (χ4n) is 3.54. The molecule has 2 aliphatic rings. The zero-order chi connectivity index (χ0) is 19.7. The highest BCUT2D eigenvalue weighted by atomic mass is 19.1. The molecule has 0 radical (unpaired) electrons. The standard InChI is InChI=1S/C22H23F2N3O/c1-2-10-27(13-14-6-7-14)20-9-8-15(11-18(20)24)25-12-16-21-17(23)4-3-5-19(21)26-22(16)28/h3-5,8-9,11-12,14,25H,2,6-7,10,13H2,1H3,(H,26,28). The van der Waals surface area contributed by atoms with Crippen LogP contribution in [0.4, 0.5) is 25.8 Å². The highest BCUT2D eigenvalue weighted by molar-refractivity contribution is 6.31. The molecule has 2 aromatic rings. The van der Waals surface area contributed by atoms with E-state index in [-0.39, 0.29) is 22.9 Å². The first kappa shape index (κ1) is 18.5. The lowest BCUT2D eigenvalue weighted by molar-refractivity contribution is -0.110. The number of hydrogen-bond acceptors (Lipinski definition) is 3. The monoisotopic (exact) mass is 383 g/mol. The first-order chi connectivity index (χ1) is 13.6. The Bertz CT molecular complexity index is 937. The third-order valence-corrected chi connectivity index (χ3v) is 5.12. The van der Waals surface area contributed by atoms with E-state index < -0.39 is 5.82 Å². The van der Waals surface area contributed by atoms with Gasteiger partial charge < -0.3 is 15.5 Å². The normalized spacial score (nSPS) is 16.8. The van der Waals surface area contributed by atoms with Gasteiger partial charge in [-0.3, -0.25) is 4.79 Å². The van der Waals surface area contributed by atoms with Crippen LogP contribution in [0.25, 0.3) is 5.57 Å². The minimum Gasteiger partial charge on any atom is -0.369 e. The summed E-state index contributed by atoms with van der Waals surface area (Å²) in [6.45, 7) is 3.79. The van der Waals surface area contributed by atoms with Gasteiger partial charge in [0.25, 0.3) is 5.91 Å². The average molecular weight is 383 g/mol. The third kappa shape index (κ3) is 3.72. The molecule has 2 N–H and O–H groups in total. The Morgan fingerprint density at radius 2 is 2.04 bits per heavy atom. The van der Waals surface area contributed by atoms with E-state index in [1.165, 1.54) is 31.2 Å². The minimum absolute atomic E-state index is 0.193. The maximum absolute atomic E-state index is 14.7. The minimum atomic E-state index is -0.472. The van der Waals surface area contributed by atoms with Gasteiger partial charge in [-0.05, 0) is 55.5 Å². The Kier molecular flexibility index (Phi) is 5.03. The van der Waals surface area contributed by atoms with Crippen molar-refractivity contribution >= 4 is 28.5 Å². The Labute approximate surface area is 163 Å². The maximum atomic E-state index is 14.7. The predicted molar refractivity (Wildman–Crippen MR) is 108 cm³/mol. The van der Waals surface area contributed by atoms with Crippen LogP contribution in [0.2, 0.25) is 0 Å². The van der Waals surface area contributed by atoms with Crippen LogP contribution in [0.5, 0.6) is 0 Å². The lowest BCUT2D eigenvalue weighted by atomic mass is 10.1. The molecule has 2 aromatic carbocycles. The van der Waals surface area contributed by atoms with Crippen molar-refractivity contribution in [2.75, 3.05) is 28.6 Å². The quantitative estimate of drug-likeness (QED) is 0.662. The number of carbonyl (C=O) groups excluding carboxylic acids is 1. The smallest absolute Gasteiger partial charge is 0.257 e. The van der Waals surface area contributed by atoms with E-state index in [0.29, 0.717) is 23.0 Å². The molecule has 1 saturated carbocycles. The highest BCUT2D eigenvalue weighted by Gasteiger charge is 2.27. The summed E-state index contributed by atoms with van der Waals surface area (Å²) in [5.41, 5.74) is 1.97. The summed E-state index contributed by atoms with van der Waals surface area (Å²) < 4.78 is 28.8. The number of anilines is 3. The molecule has 1 fully saturated rings. The van der Waals surface area contributed by atoms with E-state index in [0.717, 1.165) is 19.5 Å². The number of nitrogens with one attached hydrogen (secondary N) is 2. The molecule has 1 amide bonds. The van der Waals surface area contributed by atoms with Gasteiger partial charge in [-0.2, -0.15) is 0 Å². The Balaban J connectivity index is 1.54. The van der Waals surface area contributed by atoms with Crippen molar-refractivity contribution in [3.63, 3.8) is 0 Å². The van der Waals surface area contributed by atoms with Gasteiger partial charge in [-0.25, -0.2) is 8.78 Å². The van der Waals surface area contributed by atoms with Crippen molar-refractivity contribution in [1.29, 1.82) is 0 Å². The van der Waals surface area contributed by atoms with E-state index in [9.17, 15) is 13.6 Å². The topological polar surface area (TPSA) is 44.4 Å². The molecule has 1 aliphatic carbocycles. The van der Waals surface area contributed by atoms with Crippen LogP contribution in [-0.4, -0.2) is 19.0 Å². The Morgan fingerprint density at radius 3 is 2.75 bits per heavy atom. The molecule has 4 rings (SSSR count). The van der Waals surface area contributed by atoms with Gasteiger partial charge in [-0.15, -0.1) is 0 Å². The second-order valence-electron chi connectivity index (χ2n) is 7.37. The third-order valence-electron chi connectivity index (χ3n) is 5.12. The lowest BCUT2D eigenvalue weighted by Crippen LogP contribution is -2.27. The molecular weight excluding hydrogens is 360 g/mol. The molecule has 0 spiro atoms. The summed E-state index contributed by atoms with van der Waals surface area (Å²) in [7, 11) is 0. The molecule has 6 heteroatoms. The summed E-state index contributed by atoms with van der Waals surface area (Å²) >= 11 is 0. The number of amides is 1. The molecule has 4 nitrogen and oxygen atoms in total. The molecule has 0 atom stereocenters. The number of carbonyl (C=O) groups is 1. The van der Waals surface area contributed by atoms with Crippen LogP contribution >= 0.6 is 0 Å². The SMILES string of the molecule is CCCN(CC1CC1)c1ccc(NC=C2C(=O)Nc3cccc(F)c32)cc1F. The zero-order valence-electron chi connectivity index (χ0n) is 15.8. The van der Waals surface area contributed by atoms with Crippen LogP contribution < -0.4 is 15.5 Å². The number of hydrogen-bond donors (Lipinski definition) is 2. The van der Waals surface area contributed by atoms with E-state index >= 15 is 0 Å². The summed E-state index contributed by atoms with van der Waals surface area (Å²) in [4.78, 5) is 14.2. The van der Waals surface area contributed by atoms with E-state index in [4.69, 9.17) is 0 Å². The average Bonchev–Trinajstić information content (AvgIpc) is 3.41. The van der Waals surface area contributed by atoms with Gasteiger partial charge in [-0.1, -0.05) is 13.0 Å². The molecule has 1 heterocycles. The van der Waals surface area contributed by atoms with Gasteiger partial charge >= 0.3 is 0 Å². The van der Waals surface area contributed by atoms with E-state index in [1.54, 1.807) is 24.3 Å². The van der Waals surface area contributed by atoms with Crippen LogP contribution in [0.15, 0.2) is 42.6 Å². The van der Waals surface area contributed by atoms with Crippen LogP contribution in [0, 0.1) is 17.6 Å². The van der Waals surface area contributed by atoms with Gasteiger partial charge in [0.2, 0.25) is 0 Å². The van der Waals surface area contributed by atoms with Crippen LogP contribution in [0.3, 0.4) is 0 Å². The lowest BCUT2D eigenvalue weighted by Gasteiger charge is -2.25. The molecule has 0 saturated heterocycles. The van der Waals surface area contributed by atoms with Crippen molar-refractivity contribution < 1.29 is 13.6 Å². The van der Waals surface area contributed by atoms with Crippen molar-refractivity contribution in [3.8, 4) is 0 Å². The summed E-state index contributed by atoms with van der Waals surface area (Å²) in [5.74, 6) is -0.492. The summed E-state index contributed by atoms with van der Waals surface area (Å²) in [6, 6.07) is 9.45. The van der Waals surface area contributed by atoms with Crippen LogP contribution in [0.1, 0.15) is 31.7 Å². The number of nitrogens with zero attached hydrogens (tertiary/aromatic N) is 1. The molecule has 0 aromatic heterocycles. The van der Waals surface area contributed by atoms with Crippen molar-refractivity contribution in [1.82, 2.24) is 0 Å². The summed E-state index contributed by atoms with van der Waals surface area (Å²) in [6.07, 6.45) is 4.81. The molecule has 1 aliphatic heterocycles. The van der Waals surface area contributed by atoms with Gasteiger partial charge in [0.15, 0.2) is 0 Å². The number of halogens is 2. The first-order valence-corrected chi connectivity index (χ1v) is 9.68. The van der Waals surface area contributed by atoms with Gasteiger partial charge in [0.1, 0.15) is 11.6 Å². The molecular formula is C22H23F2N3O. The molecule has 28 heavy (non-hydrogen) atoms. The number of benzene rings is 2. The van der Waals surface area contributed by atoms with Crippen molar-refractivity contribution in [2.45, 2.75) is 26.2 Å². The zero-order valence-corrected chi connectivity index (χ0v) is 15.8. The van der Waals surface area contributed by atoms with Crippen molar-refractivity contribution in [2.24, 2.45) is 5.92 Å². The second kappa shape index (κ2) is 7.62. The first-order valence-electron chi connectivity index (χ1n) is 9.68. The summed E-state index contributed by atoms with van der Waals surface area (Å²) in [5, 5.41) is 5.56. The van der Waals surface area contributed by atoms with E-state index in [1.807, 2.05) is 0 Å². The maximum Gasteiger partial charge on any atom is 0.257 e. The second-order valence-corrected chi connectivity index (χ2v) is 7.37. The molecule has 0 unspecified atom stereocenters. The molecule has 146 valence electrons.